The number of nitrogens with zero attached hydrogens (tertiary/aromatic N) is 3. The second kappa shape index (κ2) is 13.0. The maximum Gasteiger partial charge on any atom is 0.410 e. The molecular formula is C28H36BrN3O7S. The maximum atomic E-state index is 13.5. The van der Waals surface area contributed by atoms with E-state index in [2.05, 4.69) is 15.9 Å². The predicted molar refractivity (Wildman–Crippen MR) is 154 cm³/mol. The smallest absolute Gasteiger partial charge is 0.410 e. The van der Waals surface area contributed by atoms with E-state index in [-0.39, 0.29) is 25.7 Å². The van der Waals surface area contributed by atoms with Gasteiger partial charge in [0.1, 0.15) is 11.4 Å². The number of methoxy groups -OCH3 is 1. The van der Waals surface area contributed by atoms with Gasteiger partial charge < -0.3 is 29.3 Å². The van der Waals surface area contributed by atoms with E-state index in [0.29, 0.717) is 28.8 Å². The highest BCUT2D eigenvalue weighted by molar-refractivity contribution is 9.10. The third-order valence-electron chi connectivity index (χ3n) is 6.39. The first-order valence-corrected chi connectivity index (χ1v) is 14.6. The zero-order valence-corrected chi connectivity index (χ0v) is 26.0. The number of carbonyl (C=O) groups is 4. The fraction of sp³-hybridized carbons (Fsp3) is 0.500. The van der Waals surface area contributed by atoms with Gasteiger partial charge in [-0.3, -0.25) is 9.59 Å². The average molecular weight is 639 g/mol. The Labute approximate surface area is 247 Å². The van der Waals surface area contributed by atoms with Gasteiger partial charge in [0, 0.05) is 30.6 Å². The van der Waals surface area contributed by atoms with Crippen LogP contribution in [0.4, 0.5) is 4.79 Å². The van der Waals surface area contributed by atoms with Crippen LogP contribution in [0, 0.1) is 0 Å². The van der Waals surface area contributed by atoms with Gasteiger partial charge in [-0.05, 0) is 91.7 Å². The standard InChI is InChI=1S/C28H36BrN3O7S/c1-17(2)31(12-11-30(16-19-8-7-13-40-19)27(37)39-28(3,4)5)24(33)25(34)32-10-9-18-14-22(38-6)21(29)15-20(18)23(32)26(35)36/h7-8,13-15,17,23H,9-12,16H2,1-6H3,(H,35,36). The lowest BCUT2D eigenvalue weighted by molar-refractivity contribution is -0.159. The first-order valence-electron chi connectivity index (χ1n) is 12.9. The molecule has 2 heterocycles. The van der Waals surface area contributed by atoms with Gasteiger partial charge >= 0.3 is 23.9 Å². The number of carbonyl (C=O) groups excluding carboxylic acids is 3. The number of amides is 3. The molecule has 1 aromatic heterocycles. The van der Waals surface area contributed by atoms with Crippen LogP contribution in [-0.4, -0.2) is 82.1 Å². The van der Waals surface area contributed by atoms with E-state index in [1.54, 1.807) is 46.8 Å². The minimum atomic E-state index is -1.33. The topological polar surface area (TPSA) is 117 Å². The highest BCUT2D eigenvalue weighted by atomic mass is 79.9. The largest absolute Gasteiger partial charge is 0.496 e. The molecule has 0 fully saturated rings. The van der Waals surface area contributed by atoms with Gasteiger partial charge in [-0.15, -0.1) is 11.3 Å². The van der Waals surface area contributed by atoms with Gasteiger partial charge in [-0.1, -0.05) is 6.07 Å². The Morgan fingerprint density at radius 1 is 1.20 bits per heavy atom. The zero-order chi connectivity index (χ0) is 29.8. The van der Waals surface area contributed by atoms with Gasteiger partial charge in [-0.25, -0.2) is 9.59 Å². The number of ether oxygens (including phenoxy) is 2. The molecule has 0 saturated carbocycles. The van der Waals surface area contributed by atoms with Gasteiger partial charge in [-0.2, -0.15) is 0 Å². The molecule has 0 saturated heterocycles. The number of carboxylic acids is 1. The summed E-state index contributed by atoms with van der Waals surface area (Å²) < 4.78 is 11.5. The van der Waals surface area contributed by atoms with E-state index in [0.717, 1.165) is 15.3 Å². The molecule has 1 N–H and O–H groups in total. The minimum absolute atomic E-state index is 0.0632. The molecule has 0 radical (unpaired) electrons. The molecule has 1 aliphatic rings. The number of rotatable bonds is 8. The summed E-state index contributed by atoms with van der Waals surface area (Å²) in [4.78, 5) is 57.3. The first-order chi connectivity index (χ1) is 18.7. The van der Waals surface area contributed by atoms with Crippen molar-refractivity contribution in [3.63, 3.8) is 0 Å². The Kier molecular flexibility index (Phi) is 10.2. The number of aliphatic carboxylic acids is 1. The van der Waals surface area contributed by atoms with E-state index in [4.69, 9.17) is 9.47 Å². The van der Waals surface area contributed by atoms with E-state index in [1.807, 2.05) is 17.5 Å². The van der Waals surface area contributed by atoms with Crippen LogP contribution in [-0.2, 0) is 32.1 Å². The summed E-state index contributed by atoms with van der Waals surface area (Å²) in [6.07, 6.45) is -0.153. The molecule has 2 aromatic rings. The van der Waals surface area contributed by atoms with E-state index < -0.39 is 35.5 Å². The lowest BCUT2D eigenvalue weighted by atomic mass is 9.92. The SMILES string of the molecule is COc1cc2c(cc1Br)C(C(=O)O)N(C(=O)C(=O)N(CCN(Cc1cccs1)C(=O)OC(C)(C)C)C(C)C)CC2. The summed E-state index contributed by atoms with van der Waals surface area (Å²) >= 11 is 4.89. The summed E-state index contributed by atoms with van der Waals surface area (Å²) in [7, 11) is 1.52. The maximum absolute atomic E-state index is 13.5. The van der Waals surface area contributed by atoms with Crippen molar-refractivity contribution in [3.8, 4) is 5.75 Å². The Morgan fingerprint density at radius 2 is 1.90 bits per heavy atom. The number of fused-ring (bicyclic) bond motifs is 1. The molecule has 3 amide bonds. The number of hydrogen-bond acceptors (Lipinski definition) is 7. The minimum Gasteiger partial charge on any atom is -0.496 e. The Bertz CT molecular complexity index is 1240. The first kappa shape index (κ1) is 31.4. The quantitative estimate of drug-likeness (QED) is 0.417. The summed E-state index contributed by atoms with van der Waals surface area (Å²) in [5.74, 6) is -2.40. The van der Waals surface area contributed by atoms with Crippen molar-refractivity contribution in [1.82, 2.24) is 14.7 Å². The van der Waals surface area contributed by atoms with Gasteiger partial charge in [0.15, 0.2) is 6.04 Å². The molecule has 1 unspecified atom stereocenters. The number of benzene rings is 1. The van der Waals surface area contributed by atoms with Crippen LogP contribution in [0.2, 0.25) is 0 Å². The van der Waals surface area contributed by atoms with Crippen LogP contribution in [0.25, 0.3) is 0 Å². The molecule has 0 aliphatic carbocycles. The number of halogens is 1. The second-order valence-corrected chi connectivity index (χ2v) is 12.6. The van der Waals surface area contributed by atoms with Crippen LogP contribution in [0.5, 0.6) is 5.75 Å². The average Bonchev–Trinajstić information content (AvgIpc) is 3.38. The fourth-order valence-electron chi connectivity index (χ4n) is 4.48. The van der Waals surface area contributed by atoms with Crippen molar-refractivity contribution in [2.45, 2.75) is 65.3 Å². The lowest BCUT2D eigenvalue weighted by Crippen LogP contribution is -2.53. The van der Waals surface area contributed by atoms with E-state index in [9.17, 15) is 24.3 Å². The van der Waals surface area contributed by atoms with Crippen LogP contribution in [0.3, 0.4) is 0 Å². The molecule has 1 atom stereocenters. The zero-order valence-electron chi connectivity index (χ0n) is 23.6. The molecule has 10 nitrogen and oxygen atoms in total. The monoisotopic (exact) mass is 637 g/mol. The second-order valence-electron chi connectivity index (χ2n) is 10.7. The number of carboxylic acid groups (broad SMARTS) is 1. The molecule has 3 rings (SSSR count). The van der Waals surface area contributed by atoms with E-state index in [1.165, 1.54) is 28.2 Å². The molecule has 0 bridgehead atoms. The lowest BCUT2D eigenvalue weighted by Gasteiger charge is -2.37. The Balaban J connectivity index is 1.82. The van der Waals surface area contributed by atoms with Crippen molar-refractivity contribution >= 4 is 51.1 Å². The molecule has 40 heavy (non-hydrogen) atoms. The van der Waals surface area contributed by atoms with Crippen LogP contribution < -0.4 is 4.74 Å². The van der Waals surface area contributed by atoms with Crippen LogP contribution in [0.15, 0.2) is 34.1 Å². The van der Waals surface area contributed by atoms with Crippen molar-refractivity contribution in [3.05, 3.63) is 50.1 Å². The molecule has 0 spiro atoms. The van der Waals surface area contributed by atoms with Gasteiger partial charge in [0.25, 0.3) is 0 Å². The Morgan fingerprint density at radius 3 is 2.45 bits per heavy atom. The van der Waals surface area contributed by atoms with Crippen LogP contribution in [0.1, 0.15) is 56.7 Å². The normalized spacial score (nSPS) is 14.9. The van der Waals surface area contributed by atoms with Crippen molar-refractivity contribution < 1.29 is 33.8 Å². The Hall–Kier alpha value is -3.12. The van der Waals surface area contributed by atoms with Crippen LogP contribution >= 0.6 is 27.3 Å². The summed E-state index contributed by atoms with van der Waals surface area (Å²) in [6.45, 7) is 9.43. The van der Waals surface area contributed by atoms with Crippen molar-refractivity contribution in [2.24, 2.45) is 0 Å². The van der Waals surface area contributed by atoms with E-state index >= 15 is 0 Å². The molecule has 12 heteroatoms. The summed E-state index contributed by atoms with van der Waals surface area (Å²) in [5.41, 5.74) is 0.464. The highest BCUT2D eigenvalue weighted by Gasteiger charge is 2.40. The number of hydrogen-bond donors (Lipinski definition) is 1. The molecular weight excluding hydrogens is 602 g/mol. The molecule has 1 aliphatic heterocycles. The van der Waals surface area contributed by atoms with Gasteiger partial charge in [0.2, 0.25) is 0 Å². The van der Waals surface area contributed by atoms with Gasteiger partial charge in [0.05, 0.1) is 18.1 Å². The predicted octanol–water partition coefficient (Wildman–Crippen LogP) is 4.70. The number of thiophene rings is 1. The van der Waals surface area contributed by atoms with Crippen molar-refractivity contribution in [2.75, 3.05) is 26.7 Å². The third kappa shape index (κ3) is 7.54. The fourth-order valence-corrected chi connectivity index (χ4v) is 5.72. The third-order valence-corrected chi connectivity index (χ3v) is 7.87. The summed E-state index contributed by atoms with van der Waals surface area (Å²) in [6, 6.07) is 5.47. The summed E-state index contributed by atoms with van der Waals surface area (Å²) in [5, 5.41) is 12.0. The molecule has 218 valence electrons. The highest BCUT2D eigenvalue weighted by Crippen LogP contribution is 2.37. The molecule has 1 aromatic carbocycles. The van der Waals surface area contributed by atoms with Crippen molar-refractivity contribution in [1.29, 1.82) is 0 Å².